The first-order valence-electron chi connectivity index (χ1n) is 7.02. The molecule has 19 heavy (non-hydrogen) atoms. The molecule has 1 aliphatic rings. The van der Waals surface area contributed by atoms with E-state index in [1.807, 2.05) is 12.1 Å². The molecule has 0 amide bonds. The molecule has 1 aromatic rings. The lowest BCUT2D eigenvalue weighted by atomic mass is 10.0. The average Bonchev–Trinajstić information content (AvgIpc) is 2.37. The zero-order valence-corrected chi connectivity index (χ0v) is 11.9. The Bertz CT molecular complexity index is 373. The summed E-state index contributed by atoms with van der Waals surface area (Å²) in [5.74, 6) is 0.603. The normalized spacial score (nSPS) is 27.2. The van der Waals surface area contributed by atoms with Gasteiger partial charge in [0.05, 0.1) is 17.9 Å². The Hall–Kier alpha value is -1.20. The van der Waals surface area contributed by atoms with Crippen molar-refractivity contribution in [2.75, 3.05) is 6.54 Å². The molecule has 0 aliphatic carbocycles. The first-order valence-corrected chi connectivity index (χ1v) is 7.02. The molecule has 5 nitrogen and oxygen atoms in total. The number of nitrogens with zero attached hydrogens (tertiary/aromatic N) is 2. The highest BCUT2D eigenvalue weighted by molar-refractivity contribution is 5.12. The van der Waals surface area contributed by atoms with Crippen LogP contribution in [-0.2, 0) is 11.3 Å². The summed E-state index contributed by atoms with van der Waals surface area (Å²) in [6.07, 6.45) is 2.48. The van der Waals surface area contributed by atoms with Crippen LogP contribution in [0.15, 0.2) is 12.1 Å². The largest absolute Gasteiger partial charge is 0.473 e. The number of nitrogens with one attached hydrogen (secondary N) is 1. The van der Waals surface area contributed by atoms with Crippen LogP contribution in [0.4, 0.5) is 0 Å². The SMILES string of the molecule is CCNCc1ccc(OC2CC(C)OC(C)C2)nn1. The fraction of sp³-hybridized carbons (Fsp3) is 0.714. The second kappa shape index (κ2) is 6.82. The van der Waals surface area contributed by atoms with Gasteiger partial charge in [-0.2, -0.15) is 5.10 Å². The Morgan fingerprint density at radius 2 is 2.00 bits per heavy atom. The minimum Gasteiger partial charge on any atom is -0.473 e. The van der Waals surface area contributed by atoms with Gasteiger partial charge in [-0.3, -0.25) is 0 Å². The zero-order chi connectivity index (χ0) is 13.7. The molecule has 2 heterocycles. The summed E-state index contributed by atoms with van der Waals surface area (Å²) in [6, 6.07) is 3.85. The standard InChI is InChI=1S/C14H23N3O2/c1-4-15-9-12-5-6-14(17-16-12)19-13-7-10(2)18-11(3)8-13/h5-6,10-11,13,15H,4,7-9H2,1-3H3. The van der Waals surface area contributed by atoms with Crippen molar-refractivity contribution in [3.8, 4) is 5.88 Å². The average molecular weight is 265 g/mol. The lowest BCUT2D eigenvalue weighted by Gasteiger charge is -2.31. The van der Waals surface area contributed by atoms with Crippen LogP contribution < -0.4 is 10.1 Å². The molecule has 106 valence electrons. The van der Waals surface area contributed by atoms with Gasteiger partial charge >= 0.3 is 0 Å². The van der Waals surface area contributed by atoms with Gasteiger partial charge in [-0.15, -0.1) is 5.10 Å². The quantitative estimate of drug-likeness (QED) is 0.881. The molecule has 0 aromatic carbocycles. The topological polar surface area (TPSA) is 56.3 Å². The van der Waals surface area contributed by atoms with Gasteiger partial charge in [-0.25, -0.2) is 0 Å². The summed E-state index contributed by atoms with van der Waals surface area (Å²) in [7, 11) is 0. The smallest absolute Gasteiger partial charge is 0.233 e. The minimum atomic E-state index is 0.174. The predicted octanol–water partition coefficient (Wildman–Crippen LogP) is 1.92. The maximum atomic E-state index is 5.88. The van der Waals surface area contributed by atoms with Gasteiger partial charge in [-0.1, -0.05) is 6.92 Å². The van der Waals surface area contributed by atoms with E-state index < -0.39 is 0 Å². The van der Waals surface area contributed by atoms with E-state index in [1.54, 1.807) is 0 Å². The monoisotopic (exact) mass is 265 g/mol. The molecule has 2 rings (SSSR count). The van der Waals surface area contributed by atoms with Gasteiger partial charge in [0.15, 0.2) is 0 Å². The molecule has 1 fully saturated rings. The zero-order valence-electron chi connectivity index (χ0n) is 11.9. The predicted molar refractivity (Wildman–Crippen MR) is 73.1 cm³/mol. The molecule has 1 saturated heterocycles. The first-order chi connectivity index (χ1) is 9.17. The van der Waals surface area contributed by atoms with Gasteiger partial charge in [0.25, 0.3) is 0 Å². The third-order valence-electron chi connectivity index (χ3n) is 3.19. The van der Waals surface area contributed by atoms with E-state index in [4.69, 9.17) is 9.47 Å². The van der Waals surface area contributed by atoms with E-state index in [9.17, 15) is 0 Å². The molecule has 5 heteroatoms. The van der Waals surface area contributed by atoms with Crippen molar-refractivity contribution in [1.82, 2.24) is 15.5 Å². The van der Waals surface area contributed by atoms with E-state index in [1.165, 1.54) is 0 Å². The Kier molecular flexibility index (Phi) is 5.10. The van der Waals surface area contributed by atoms with Crippen molar-refractivity contribution in [2.45, 2.75) is 58.5 Å². The van der Waals surface area contributed by atoms with Crippen molar-refractivity contribution in [1.29, 1.82) is 0 Å². The van der Waals surface area contributed by atoms with Crippen LogP contribution in [0, 0.1) is 0 Å². The van der Waals surface area contributed by atoms with E-state index >= 15 is 0 Å². The molecule has 0 spiro atoms. The van der Waals surface area contributed by atoms with Crippen molar-refractivity contribution in [3.05, 3.63) is 17.8 Å². The highest BCUT2D eigenvalue weighted by atomic mass is 16.5. The lowest BCUT2D eigenvalue weighted by molar-refractivity contribution is -0.0731. The molecule has 0 bridgehead atoms. The summed E-state index contributed by atoms with van der Waals surface area (Å²) in [5.41, 5.74) is 0.933. The molecule has 1 aromatic heterocycles. The second-order valence-corrected chi connectivity index (χ2v) is 5.11. The van der Waals surface area contributed by atoms with Gasteiger partial charge in [0.2, 0.25) is 5.88 Å². The third-order valence-corrected chi connectivity index (χ3v) is 3.19. The van der Waals surface area contributed by atoms with Crippen LogP contribution in [0.5, 0.6) is 5.88 Å². The van der Waals surface area contributed by atoms with E-state index in [2.05, 4.69) is 36.3 Å². The lowest BCUT2D eigenvalue weighted by Crippen LogP contribution is -2.35. The van der Waals surface area contributed by atoms with Crippen molar-refractivity contribution in [2.24, 2.45) is 0 Å². The Morgan fingerprint density at radius 1 is 1.26 bits per heavy atom. The first kappa shape index (κ1) is 14.2. The Balaban J connectivity index is 1.88. The van der Waals surface area contributed by atoms with Gasteiger partial charge in [0, 0.05) is 25.5 Å². The van der Waals surface area contributed by atoms with Crippen LogP contribution >= 0.6 is 0 Å². The molecule has 0 saturated carbocycles. The van der Waals surface area contributed by atoms with Gasteiger partial charge in [0.1, 0.15) is 6.10 Å². The molecule has 1 aliphatic heterocycles. The summed E-state index contributed by atoms with van der Waals surface area (Å²) in [4.78, 5) is 0. The Morgan fingerprint density at radius 3 is 2.58 bits per heavy atom. The van der Waals surface area contributed by atoms with Crippen LogP contribution in [0.1, 0.15) is 39.3 Å². The highest BCUT2D eigenvalue weighted by Crippen LogP contribution is 2.22. The van der Waals surface area contributed by atoms with Crippen molar-refractivity contribution in [3.63, 3.8) is 0 Å². The number of ether oxygens (including phenoxy) is 2. The van der Waals surface area contributed by atoms with E-state index in [0.29, 0.717) is 5.88 Å². The maximum Gasteiger partial charge on any atom is 0.233 e. The minimum absolute atomic E-state index is 0.174. The molecular formula is C14H23N3O2. The fourth-order valence-electron chi connectivity index (χ4n) is 2.37. The summed E-state index contributed by atoms with van der Waals surface area (Å²) >= 11 is 0. The number of hydrogen-bond donors (Lipinski definition) is 1. The maximum absolute atomic E-state index is 5.88. The highest BCUT2D eigenvalue weighted by Gasteiger charge is 2.26. The number of aromatic nitrogens is 2. The van der Waals surface area contributed by atoms with Crippen LogP contribution in [-0.4, -0.2) is 35.1 Å². The summed E-state index contributed by atoms with van der Waals surface area (Å²) in [6.45, 7) is 7.90. The van der Waals surface area contributed by atoms with Gasteiger partial charge in [-0.05, 0) is 26.5 Å². The third kappa shape index (κ3) is 4.44. The van der Waals surface area contributed by atoms with Crippen molar-refractivity contribution >= 4 is 0 Å². The fourth-order valence-corrected chi connectivity index (χ4v) is 2.37. The van der Waals surface area contributed by atoms with Crippen LogP contribution in [0.25, 0.3) is 0 Å². The van der Waals surface area contributed by atoms with Crippen LogP contribution in [0.3, 0.4) is 0 Å². The number of hydrogen-bond acceptors (Lipinski definition) is 5. The molecule has 2 unspecified atom stereocenters. The van der Waals surface area contributed by atoms with Crippen molar-refractivity contribution < 1.29 is 9.47 Å². The molecule has 0 radical (unpaired) electrons. The van der Waals surface area contributed by atoms with E-state index in [0.717, 1.165) is 31.6 Å². The molecule has 1 N–H and O–H groups in total. The number of rotatable bonds is 5. The summed E-state index contributed by atoms with van der Waals surface area (Å²) < 4.78 is 11.6. The Labute approximate surface area is 114 Å². The second-order valence-electron chi connectivity index (χ2n) is 5.11. The molecule has 2 atom stereocenters. The van der Waals surface area contributed by atoms with Gasteiger partial charge < -0.3 is 14.8 Å². The molecular weight excluding hydrogens is 242 g/mol. The summed E-state index contributed by atoms with van der Waals surface area (Å²) in [5, 5.41) is 11.5. The van der Waals surface area contributed by atoms with Crippen LogP contribution in [0.2, 0.25) is 0 Å². The van der Waals surface area contributed by atoms with E-state index in [-0.39, 0.29) is 18.3 Å².